The molecule has 72 valence electrons. The molecule has 0 aliphatic heterocycles. The van der Waals surface area contributed by atoms with Gasteiger partial charge in [-0.1, -0.05) is 28.1 Å². The number of aromatic nitrogens is 1. The lowest BCUT2D eigenvalue weighted by atomic mass is 10.1. The fraction of sp³-hybridized carbons (Fsp3) is 0.182. The second-order valence-electron chi connectivity index (χ2n) is 3.22. The van der Waals surface area contributed by atoms with E-state index in [-0.39, 0.29) is 0 Å². The number of aryl methyl sites for hydroxylation is 2. The van der Waals surface area contributed by atoms with Crippen molar-refractivity contribution in [3.05, 3.63) is 40.4 Å². The van der Waals surface area contributed by atoms with Crippen LogP contribution in [0.2, 0.25) is 0 Å². The van der Waals surface area contributed by atoms with Crippen LogP contribution in [0.3, 0.4) is 0 Å². The highest BCUT2D eigenvalue weighted by atomic mass is 79.9. The molecule has 14 heavy (non-hydrogen) atoms. The average molecular weight is 252 g/mol. The average Bonchev–Trinajstić information content (AvgIpc) is 2.57. The molecular weight excluding hydrogens is 242 g/mol. The highest BCUT2D eigenvalue weighted by Gasteiger charge is 2.04. The maximum Gasteiger partial charge on any atom is 0.191 e. The van der Waals surface area contributed by atoms with E-state index in [0.717, 1.165) is 15.7 Å². The molecule has 3 heteroatoms. The van der Waals surface area contributed by atoms with Crippen LogP contribution in [0.25, 0.3) is 11.3 Å². The van der Waals surface area contributed by atoms with Crippen LogP contribution in [0.1, 0.15) is 11.5 Å². The molecule has 1 aromatic heterocycles. The fourth-order valence-electron chi connectivity index (χ4n) is 1.25. The van der Waals surface area contributed by atoms with Gasteiger partial charge < -0.3 is 4.42 Å². The summed E-state index contributed by atoms with van der Waals surface area (Å²) in [6.07, 6.45) is 1.67. The zero-order valence-corrected chi connectivity index (χ0v) is 9.63. The zero-order chi connectivity index (χ0) is 10.1. The van der Waals surface area contributed by atoms with Crippen LogP contribution in [0.5, 0.6) is 0 Å². The monoisotopic (exact) mass is 251 g/mol. The predicted octanol–water partition coefficient (Wildman–Crippen LogP) is 3.72. The number of halogens is 1. The van der Waals surface area contributed by atoms with Crippen molar-refractivity contribution < 1.29 is 4.42 Å². The maximum absolute atomic E-state index is 5.16. The summed E-state index contributed by atoms with van der Waals surface area (Å²) >= 11 is 3.49. The lowest BCUT2D eigenvalue weighted by Crippen LogP contribution is -1.80. The van der Waals surface area contributed by atoms with Gasteiger partial charge in [0.05, 0.1) is 0 Å². The van der Waals surface area contributed by atoms with Crippen LogP contribution in [-0.4, -0.2) is 4.98 Å². The summed E-state index contributed by atoms with van der Waals surface area (Å²) in [6, 6.07) is 6.15. The van der Waals surface area contributed by atoms with Crippen LogP contribution < -0.4 is 0 Å². The highest BCUT2D eigenvalue weighted by Crippen LogP contribution is 2.24. The predicted molar refractivity (Wildman–Crippen MR) is 59.1 cm³/mol. The Morgan fingerprint density at radius 2 is 2.07 bits per heavy atom. The van der Waals surface area contributed by atoms with Crippen LogP contribution in [-0.2, 0) is 0 Å². The minimum Gasteiger partial charge on any atom is -0.449 e. The Bertz CT molecular complexity index is 462. The van der Waals surface area contributed by atoms with Gasteiger partial charge in [0, 0.05) is 17.0 Å². The molecule has 0 fully saturated rings. The molecule has 0 saturated heterocycles. The molecule has 0 aliphatic rings. The molecule has 1 heterocycles. The van der Waals surface area contributed by atoms with Crippen molar-refractivity contribution in [2.75, 3.05) is 0 Å². The summed E-state index contributed by atoms with van der Waals surface area (Å²) in [4.78, 5) is 4.26. The van der Waals surface area contributed by atoms with E-state index in [1.807, 2.05) is 19.1 Å². The van der Waals surface area contributed by atoms with E-state index in [1.54, 1.807) is 6.26 Å². The smallest absolute Gasteiger partial charge is 0.191 e. The van der Waals surface area contributed by atoms with Crippen molar-refractivity contribution in [3.8, 4) is 11.3 Å². The van der Waals surface area contributed by atoms with Gasteiger partial charge in [-0.15, -0.1) is 0 Å². The number of rotatable bonds is 1. The number of hydrogen-bond acceptors (Lipinski definition) is 2. The van der Waals surface area contributed by atoms with Gasteiger partial charge in [-0.2, -0.15) is 0 Å². The molecule has 2 rings (SSSR count). The summed E-state index contributed by atoms with van der Waals surface area (Å²) in [5.74, 6) is 0.691. The Labute approximate surface area is 91.1 Å². The maximum atomic E-state index is 5.16. The van der Waals surface area contributed by atoms with E-state index >= 15 is 0 Å². The van der Waals surface area contributed by atoms with Crippen molar-refractivity contribution in [3.63, 3.8) is 0 Å². The van der Waals surface area contributed by atoms with Crippen molar-refractivity contribution in [1.29, 1.82) is 0 Å². The highest BCUT2D eigenvalue weighted by molar-refractivity contribution is 9.10. The molecule has 0 aliphatic carbocycles. The van der Waals surface area contributed by atoms with Gasteiger partial charge in [0.2, 0.25) is 0 Å². The third-order valence-electron chi connectivity index (χ3n) is 2.09. The molecule has 2 aromatic rings. The van der Waals surface area contributed by atoms with Gasteiger partial charge in [-0.3, -0.25) is 0 Å². The van der Waals surface area contributed by atoms with Gasteiger partial charge >= 0.3 is 0 Å². The Morgan fingerprint density at radius 3 is 2.64 bits per heavy atom. The number of nitrogens with zero attached hydrogens (tertiary/aromatic N) is 1. The van der Waals surface area contributed by atoms with E-state index in [2.05, 4.69) is 33.9 Å². The first-order valence-corrected chi connectivity index (χ1v) is 5.15. The van der Waals surface area contributed by atoms with Crippen molar-refractivity contribution >= 4 is 15.9 Å². The summed E-state index contributed by atoms with van der Waals surface area (Å²) in [7, 11) is 0. The van der Waals surface area contributed by atoms with Gasteiger partial charge in [0.25, 0.3) is 0 Å². The van der Waals surface area contributed by atoms with Crippen LogP contribution >= 0.6 is 15.9 Å². The van der Waals surface area contributed by atoms with Crippen LogP contribution in [0, 0.1) is 13.8 Å². The molecule has 1 aromatic carbocycles. The molecule has 0 radical (unpaired) electrons. The quantitative estimate of drug-likeness (QED) is 0.773. The fourth-order valence-corrected chi connectivity index (χ4v) is 1.63. The topological polar surface area (TPSA) is 26.0 Å². The molecule has 2 nitrogen and oxygen atoms in total. The summed E-state index contributed by atoms with van der Waals surface area (Å²) < 4.78 is 6.26. The molecule has 0 bridgehead atoms. The first kappa shape index (κ1) is 9.46. The van der Waals surface area contributed by atoms with E-state index in [0.29, 0.717) is 5.89 Å². The van der Waals surface area contributed by atoms with Gasteiger partial charge in [0.1, 0.15) is 12.0 Å². The van der Waals surface area contributed by atoms with Crippen molar-refractivity contribution in [1.82, 2.24) is 4.98 Å². The largest absolute Gasteiger partial charge is 0.449 e. The SMILES string of the molecule is Cc1nc(-c2ccc(C)c(Br)c2)co1. The van der Waals surface area contributed by atoms with Crippen LogP contribution in [0.4, 0.5) is 0 Å². The minimum absolute atomic E-state index is 0.691. The van der Waals surface area contributed by atoms with Gasteiger partial charge in [0.15, 0.2) is 5.89 Å². The molecule has 0 atom stereocenters. The Kier molecular flexibility index (Phi) is 2.42. The lowest BCUT2D eigenvalue weighted by molar-refractivity contribution is 0.521. The second-order valence-corrected chi connectivity index (χ2v) is 4.07. The van der Waals surface area contributed by atoms with E-state index in [1.165, 1.54) is 5.56 Å². The normalized spacial score (nSPS) is 10.5. The minimum atomic E-state index is 0.691. The lowest BCUT2D eigenvalue weighted by Gasteiger charge is -2.00. The Balaban J connectivity index is 2.47. The molecule has 0 saturated carbocycles. The van der Waals surface area contributed by atoms with Crippen molar-refractivity contribution in [2.24, 2.45) is 0 Å². The second kappa shape index (κ2) is 3.58. The summed E-state index contributed by atoms with van der Waals surface area (Å²) in [5.41, 5.74) is 3.16. The number of oxazole rings is 1. The first-order chi connectivity index (χ1) is 6.66. The third-order valence-corrected chi connectivity index (χ3v) is 2.94. The Morgan fingerprint density at radius 1 is 1.29 bits per heavy atom. The van der Waals surface area contributed by atoms with Gasteiger partial charge in [-0.25, -0.2) is 4.98 Å². The summed E-state index contributed by atoms with van der Waals surface area (Å²) in [6.45, 7) is 3.90. The first-order valence-electron chi connectivity index (χ1n) is 4.35. The van der Waals surface area contributed by atoms with E-state index in [9.17, 15) is 0 Å². The molecule has 0 N–H and O–H groups in total. The van der Waals surface area contributed by atoms with E-state index in [4.69, 9.17) is 4.42 Å². The number of hydrogen-bond donors (Lipinski definition) is 0. The molecular formula is C11H10BrNO. The molecule has 0 spiro atoms. The third kappa shape index (κ3) is 1.73. The Hall–Kier alpha value is -1.09. The molecule has 0 unspecified atom stereocenters. The van der Waals surface area contributed by atoms with Crippen LogP contribution in [0.15, 0.2) is 33.4 Å². The number of benzene rings is 1. The van der Waals surface area contributed by atoms with Gasteiger partial charge in [-0.05, 0) is 18.6 Å². The summed E-state index contributed by atoms with van der Waals surface area (Å²) in [5, 5.41) is 0. The molecule has 0 amide bonds. The zero-order valence-electron chi connectivity index (χ0n) is 8.04. The van der Waals surface area contributed by atoms with Crippen molar-refractivity contribution in [2.45, 2.75) is 13.8 Å². The van der Waals surface area contributed by atoms with E-state index < -0.39 is 0 Å². The standard InChI is InChI=1S/C11H10BrNO/c1-7-3-4-9(5-10(7)12)11-6-14-8(2)13-11/h3-6H,1-2H3.